The van der Waals surface area contributed by atoms with Crippen molar-refractivity contribution in [3.63, 3.8) is 0 Å². The van der Waals surface area contributed by atoms with Crippen molar-refractivity contribution >= 4 is 22.5 Å². The summed E-state index contributed by atoms with van der Waals surface area (Å²) < 4.78 is 10.5. The van der Waals surface area contributed by atoms with E-state index in [0.717, 1.165) is 68.6 Å². The zero-order valence-electron chi connectivity index (χ0n) is 16.0. The average molecular weight is 389 g/mol. The number of aryl methyl sites for hydroxylation is 1. The summed E-state index contributed by atoms with van der Waals surface area (Å²) in [5, 5.41) is 1.04. The van der Waals surface area contributed by atoms with Crippen molar-refractivity contribution in [3.05, 3.63) is 18.2 Å². The Hall–Kier alpha value is -1.96. The van der Waals surface area contributed by atoms with Gasteiger partial charge in [0, 0.05) is 44.1 Å². The number of nitrogens with zero attached hydrogens (tertiary/aromatic N) is 6. The van der Waals surface area contributed by atoms with Crippen LogP contribution in [0.3, 0.4) is 0 Å². The molecule has 0 spiro atoms. The van der Waals surface area contributed by atoms with Crippen molar-refractivity contribution in [2.24, 2.45) is 0 Å². The van der Waals surface area contributed by atoms with Crippen molar-refractivity contribution < 1.29 is 4.74 Å². The topological polar surface area (TPSA) is 67.3 Å². The smallest absolute Gasteiger partial charge is 0.234 e. The van der Waals surface area contributed by atoms with E-state index in [9.17, 15) is 0 Å². The fourth-order valence-corrected chi connectivity index (χ4v) is 4.56. The Balaban J connectivity index is 1.39. The second kappa shape index (κ2) is 8.82. The molecule has 2 aliphatic rings. The van der Waals surface area contributed by atoms with Gasteiger partial charge >= 0.3 is 0 Å². The van der Waals surface area contributed by atoms with Gasteiger partial charge in [-0.25, -0.2) is 4.98 Å². The highest BCUT2D eigenvalue weighted by atomic mass is 32.1. The van der Waals surface area contributed by atoms with Crippen molar-refractivity contribution in [1.82, 2.24) is 19.3 Å². The monoisotopic (exact) mass is 388 g/mol. The second-order valence-electron chi connectivity index (χ2n) is 7.27. The highest BCUT2D eigenvalue weighted by Gasteiger charge is 2.20. The Morgan fingerprint density at radius 1 is 1.00 bits per heavy atom. The molecule has 2 aromatic heterocycles. The van der Waals surface area contributed by atoms with Crippen LogP contribution >= 0.6 is 11.5 Å². The third-order valence-electron chi connectivity index (χ3n) is 5.30. The molecular formula is C19H28N6OS. The Kier molecular flexibility index (Phi) is 6.01. The molecule has 0 unspecified atom stereocenters. The van der Waals surface area contributed by atoms with Crippen molar-refractivity contribution in [2.45, 2.75) is 58.0 Å². The normalized spacial score (nSPS) is 19.1. The van der Waals surface area contributed by atoms with Gasteiger partial charge < -0.3 is 14.5 Å². The average Bonchev–Trinajstić information content (AvgIpc) is 3.06. The van der Waals surface area contributed by atoms with Gasteiger partial charge in [-0.3, -0.25) is 4.98 Å². The van der Waals surface area contributed by atoms with E-state index in [4.69, 9.17) is 9.72 Å². The molecule has 0 atom stereocenters. The molecule has 1 saturated carbocycles. The molecule has 0 radical (unpaired) electrons. The van der Waals surface area contributed by atoms with E-state index in [1.54, 1.807) is 6.20 Å². The standard InChI is InChI=1S/C19H28N6OS/c1-2-16-21-19(27-23-16)25-10-6-9-24(11-12-25)17-13-20-14-18(22-17)26-15-7-4-3-5-8-15/h13-15H,2-12H2,1H3. The van der Waals surface area contributed by atoms with Gasteiger partial charge in [-0.15, -0.1) is 0 Å². The Morgan fingerprint density at radius 2 is 1.81 bits per heavy atom. The SMILES string of the molecule is CCc1nsc(N2CCCN(c3cncc(OC4CCCCC4)n3)CC2)n1. The van der Waals surface area contributed by atoms with Gasteiger partial charge in [-0.2, -0.15) is 9.36 Å². The largest absolute Gasteiger partial charge is 0.473 e. The summed E-state index contributed by atoms with van der Waals surface area (Å²) in [6.07, 6.45) is 11.9. The summed E-state index contributed by atoms with van der Waals surface area (Å²) in [7, 11) is 0. The van der Waals surface area contributed by atoms with Crippen LogP contribution in [-0.4, -0.2) is 51.6 Å². The lowest BCUT2D eigenvalue weighted by atomic mass is 9.98. The summed E-state index contributed by atoms with van der Waals surface area (Å²) in [5.41, 5.74) is 0. The summed E-state index contributed by atoms with van der Waals surface area (Å²) in [6, 6.07) is 0. The number of ether oxygens (including phenoxy) is 1. The number of hydrogen-bond acceptors (Lipinski definition) is 8. The van der Waals surface area contributed by atoms with E-state index in [-0.39, 0.29) is 0 Å². The second-order valence-corrected chi connectivity index (χ2v) is 8.00. The summed E-state index contributed by atoms with van der Waals surface area (Å²) in [4.78, 5) is 18.4. The molecule has 3 heterocycles. The number of rotatable bonds is 5. The van der Waals surface area contributed by atoms with Gasteiger partial charge in [-0.05, 0) is 32.1 Å². The van der Waals surface area contributed by atoms with E-state index in [1.807, 2.05) is 6.20 Å². The molecule has 27 heavy (non-hydrogen) atoms. The molecule has 0 aromatic carbocycles. The zero-order valence-corrected chi connectivity index (χ0v) is 16.8. The summed E-state index contributed by atoms with van der Waals surface area (Å²) >= 11 is 1.51. The van der Waals surface area contributed by atoms with Crippen molar-refractivity contribution in [1.29, 1.82) is 0 Å². The highest BCUT2D eigenvalue weighted by molar-refractivity contribution is 7.09. The molecule has 1 aliphatic carbocycles. The minimum absolute atomic E-state index is 0.299. The third-order valence-corrected chi connectivity index (χ3v) is 6.12. The molecule has 0 bridgehead atoms. The number of anilines is 2. The van der Waals surface area contributed by atoms with Crippen LogP contribution in [0.2, 0.25) is 0 Å². The van der Waals surface area contributed by atoms with E-state index < -0.39 is 0 Å². The van der Waals surface area contributed by atoms with Gasteiger partial charge in [0.15, 0.2) is 5.82 Å². The van der Waals surface area contributed by atoms with Crippen LogP contribution in [0.4, 0.5) is 10.9 Å². The number of hydrogen-bond donors (Lipinski definition) is 0. The summed E-state index contributed by atoms with van der Waals surface area (Å²) in [5.74, 6) is 2.52. The Labute approximate surface area is 165 Å². The molecule has 0 amide bonds. The van der Waals surface area contributed by atoms with E-state index in [2.05, 4.69) is 31.1 Å². The predicted octanol–water partition coefficient (Wildman–Crippen LogP) is 3.32. The third kappa shape index (κ3) is 4.66. The minimum Gasteiger partial charge on any atom is -0.473 e. The first-order valence-electron chi connectivity index (χ1n) is 10.1. The van der Waals surface area contributed by atoms with Crippen LogP contribution in [0.5, 0.6) is 5.88 Å². The van der Waals surface area contributed by atoms with Crippen LogP contribution in [0.25, 0.3) is 0 Å². The number of aromatic nitrogens is 4. The fourth-order valence-electron chi connectivity index (χ4n) is 3.76. The van der Waals surface area contributed by atoms with Crippen LogP contribution in [0.15, 0.2) is 12.4 Å². The molecule has 2 fully saturated rings. The first-order valence-corrected chi connectivity index (χ1v) is 10.9. The van der Waals surface area contributed by atoms with E-state index in [1.165, 1.54) is 30.8 Å². The fraction of sp³-hybridized carbons (Fsp3) is 0.684. The first kappa shape index (κ1) is 18.4. The molecule has 1 aliphatic heterocycles. The molecule has 1 saturated heterocycles. The molecule has 8 heteroatoms. The van der Waals surface area contributed by atoms with Gasteiger partial charge in [-0.1, -0.05) is 13.3 Å². The predicted molar refractivity (Wildman–Crippen MR) is 108 cm³/mol. The maximum Gasteiger partial charge on any atom is 0.234 e. The quantitative estimate of drug-likeness (QED) is 0.778. The molecule has 2 aromatic rings. The maximum atomic E-state index is 6.10. The van der Waals surface area contributed by atoms with Crippen LogP contribution in [-0.2, 0) is 6.42 Å². The molecular weight excluding hydrogens is 360 g/mol. The molecule has 0 N–H and O–H groups in total. The van der Waals surface area contributed by atoms with Gasteiger partial charge in [0.1, 0.15) is 11.9 Å². The van der Waals surface area contributed by atoms with Gasteiger partial charge in [0.2, 0.25) is 11.0 Å². The molecule has 4 rings (SSSR count). The van der Waals surface area contributed by atoms with Crippen molar-refractivity contribution in [3.8, 4) is 5.88 Å². The lowest BCUT2D eigenvalue weighted by Gasteiger charge is -2.24. The summed E-state index contributed by atoms with van der Waals surface area (Å²) in [6.45, 7) is 5.89. The van der Waals surface area contributed by atoms with Crippen LogP contribution < -0.4 is 14.5 Å². The minimum atomic E-state index is 0.299. The lowest BCUT2D eigenvalue weighted by Crippen LogP contribution is -2.31. The van der Waals surface area contributed by atoms with Crippen molar-refractivity contribution in [2.75, 3.05) is 36.0 Å². The Morgan fingerprint density at radius 3 is 2.63 bits per heavy atom. The molecule has 7 nitrogen and oxygen atoms in total. The highest BCUT2D eigenvalue weighted by Crippen LogP contribution is 2.24. The van der Waals surface area contributed by atoms with Crippen LogP contribution in [0.1, 0.15) is 51.3 Å². The van der Waals surface area contributed by atoms with E-state index >= 15 is 0 Å². The molecule has 146 valence electrons. The maximum absolute atomic E-state index is 6.10. The van der Waals surface area contributed by atoms with E-state index in [0.29, 0.717) is 12.0 Å². The first-order chi connectivity index (χ1) is 13.3. The zero-order chi connectivity index (χ0) is 18.5. The van der Waals surface area contributed by atoms with Gasteiger partial charge in [0.25, 0.3) is 0 Å². The van der Waals surface area contributed by atoms with Gasteiger partial charge in [0.05, 0.1) is 12.4 Å². The van der Waals surface area contributed by atoms with Crippen LogP contribution in [0, 0.1) is 0 Å². The Bertz CT molecular complexity index is 732. The lowest BCUT2D eigenvalue weighted by molar-refractivity contribution is 0.148.